The molecule has 1 saturated heterocycles. The zero-order valence-corrected chi connectivity index (χ0v) is 12.1. The molecular weight excluding hydrogens is 266 g/mol. The highest BCUT2D eigenvalue weighted by Gasteiger charge is 2.47. The number of hydrogen-bond acceptors (Lipinski definition) is 3. The SMILES string of the molecule is NCc1ccc(N2C(=O)NCC3(CCCCC3)C2=O)cc1. The molecule has 5 heteroatoms. The number of anilines is 1. The fourth-order valence-corrected chi connectivity index (χ4v) is 3.36. The van der Waals surface area contributed by atoms with Crippen molar-refractivity contribution >= 4 is 17.6 Å². The van der Waals surface area contributed by atoms with Gasteiger partial charge in [0.2, 0.25) is 5.91 Å². The van der Waals surface area contributed by atoms with Crippen LogP contribution in [0.3, 0.4) is 0 Å². The molecule has 2 aliphatic rings. The highest BCUT2D eigenvalue weighted by Crippen LogP contribution is 2.40. The van der Waals surface area contributed by atoms with Crippen molar-refractivity contribution in [2.24, 2.45) is 11.1 Å². The fraction of sp³-hybridized carbons (Fsp3) is 0.500. The molecule has 1 aromatic carbocycles. The predicted octanol–water partition coefficient (Wildman–Crippen LogP) is 2.15. The summed E-state index contributed by atoms with van der Waals surface area (Å²) in [6.45, 7) is 0.923. The molecule has 1 heterocycles. The number of nitrogens with one attached hydrogen (secondary N) is 1. The number of carbonyl (C=O) groups excluding carboxylic acids is 2. The van der Waals surface area contributed by atoms with Crippen LogP contribution in [0.2, 0.25) is 0 Å². The number of nitrogens with two attached hydrogens (primary N) is 1. The van der Waals surface area contributed by atoms with Crippen LogP contribution >= 0.6 is 0 Å². The van der Waals surface area contributed by atoms with Gasteiger partial charge in [-0.15, -0.1) is 0 Å². The normalized spacial score (nSPS) is 21.5. The lowest BCUT2D eigenvalue weighted by atomic mass is 9.72. The highest BCUT2D eigenvalue weighted by atomic mass is 16.2. The standard InChI is InChI=1S/C16H21N3O2/c17-10-12-4-6-13(7-5-12)19-14(20)16(11-18-15(19)21)8-2-1-3-9-16/h4-7H,1-3,8-11,17H2,(H,18,21). The zero-order chi connectivity index (χ0) is 14.9. The molecule has 1 saturated carbocycles. The Labute approximate surface area is 124 Å². The van der Waals surface area contributed by atoms with E-state index in [0.29, 0.717) is 18.8 Å². The maximum Gasteiger partial charge on any atom is 0.328 e. The van der Waals surface area contributed by atoms with E-state index in [9.17, 15) is 9.59 Å². The molecule has 3 N–H and O–H groups in total. The average Bonchev–Trinajstić information content (AvgIpc) is 2.53. The van der Waals surface area contributed by atoms with Crippen molar-refractivity contribution < 1.29 is 9.59 Å². The second kappa shape index (κ2) is 5.48. The Balaban J connectivity index is 1.91. The average molecular weight is 287 g/mol. The lowest BCUT2D eigenvalue weighted by molar-refractivity contribution is -0.130. The molecule has 1 aliphatic heterocycles. The van der Waals surface area contributed by atoms with Crippen molar-refractivity contribution in [3.8, 4) is 0 Å². The third-order valence-corrected chi connectivity index (χ3v) is 4.68. The molecule has 0 bridgehead atoms. The molecular formula is C16H21N3O2. The number of nitrogens with zero attached hydrogens (tertiary/aromatic N) is 1. The first-order valence-electron chi connectivity index (χ1n) is 7.58. The monoisotopic (exact) mass is 287 g/mol. The molecule has 112 valence electrons. The maximum absolute atomic E-state index is 12.9. The maximum atomic E-state index is 12.9. The highest BCUT2D eigenvalue weighted by molar-refractivity contribution is 6.18. The van der Waals surface area contributed by atoms with Gasteiger partial charge in [0, 0.05) is 13.1 Å². The minimum absolute atomic E-state index is 0.0496. The minimum atomic E-state index is -0.404. The van der Waals surface area contributed by atoms with Crippen molar-refractivity contribution in [2.75, 3.05) is 11.4 Å². The molecule has 5 nitrogen and oxygen atoms in total. The van der Waals surface area contributed by atoms with Gasteiger partial charge in [0.15, 0.2) is 0 Å². The molecule has 1 aliphatic carbocycles. The largest absolute Gasteiger partial charge is 0.336 e. The Bertz CT molecular complexity index is 547. The third kappa shape index (κ3) is 2.42. The molecule has 0 unspecified atom stereocenters. The van der Waals surface area contributed by atoms with Gasteiger partial charge in [-0.1, -0.05) is 31.4 Å². The third-order valence-electron chi connectivity index (χ3n) is 4.68. The van der Waals surface area contributed by atoms with Crippen LogP contribution in [-0.2, 0) is 11.3 Å². The summed E-state index contributed by atoms with van der Waals surface area (Å²) in [5.41, 5.74) is 6.79. The van der Waals surface area contributed by atoms with Crippen molar-refractivity contribution in [1.82, 2.24) is 5.32 Å². The van der Waals surface area contributed by atoms with E-state index in [-0.39, 0.29) is 11.9 Å². The van der Waals surface area contributed by atoms with E-state index >= 15 is 0 Å². The van der Waals surface area contributed by atoms with Crippen LogP contribution in [-0.4, -0.2) is 18.5 Å². The van der Waals surface area contributed by atoms with Crippen LogP contribution in [0.5, 0.6) is 0 Å². The van der Waals surface area contributed by atoms with Crippen LogP contribution in [0.4, 0.5) is 10.5 Å². The van der Waals surface area contributed by atoms with Crippen molar-refractivity contribution in [2.45, 2.75) is 38.6 Å². The van der Waals surface area contributed by atoms with Crippen LogP contribution in [0.25, 0.3) is 0 Å². The Morgan fingerprint density at radius 1 is 1.10 bits per heavy atom. The number of hydrogen-bond donors (Lipinski definition) is 2. The predicted molar refractivity (Wildman–Crippen MR) is 80.7 cm³/mol. The smallest absolute Gasteiger partial charge is 0.328 e. The van der Waals surface area contributed by atoms with Crippen LogP contribution in [0.1, 0.15) is 37.7 Å². The molecule has 1 spiro atoms. The molecule has 3 amide bonds. The van der Waals surface area contributed by atoms with Crippen molar-refractivity contribution in [3.63, 3.8) is 0 Å². The van der Waals surface area contributed by atoms with E-state index in [1.165, 1.54) is 11.3 Å². The van der Waals surface area contributed by atoms with Crippen LogP contribution in [0.15, 0.2) is 24.3 Å². The topological polar surface area (TPSA) is 75.4 Å². The van der Waals surface area contributed by atoms with E-state index in [4.69, 9.17) is 5.73 Å². The summed E-state index contributed by atoms with van der Waals surface area (Å²) in [6, 6.07) is 6.98. The molecule has 3 rings (SSSR count). The van der Waals surface area contributed by atoms with Crippen LogP contribution < -0.4 is 16.0 Å². The van der Waals surface area contributed by atoms with Gasteiger partial charge in [0.1, 0.15) is 0 Å². The van der Waals surface area contributed by atoms with Gasteiger partial charge in [0.05, 0.1) is 11.1 Å². The first kappa shape index (κ1) is 14.1. The Kier molecular flexibility index (Phi) is 3.68. The number of amides is 3. The molecule has 21 heavy (non-hydrogen) atoms. The second-order valence-corrected chi connectivity index (χ2v) is 6.01. The summed E-state index contributed by atoms with van der Waals surface area (Å²) < 4.78 is 0. The zero-order valence-electron chi connectivity index (χ0n) is 12.1. The minimum Gasteiger partial charge on any atom is -0.336 e. The van der Waals surface area contributed by atoms with Gasteiger partial charge in [-0.3, -0.25) is 4.79 Å². The number of urea groups is 1. The first-order chi connectivity index (χ1) is 10.2. The van der Waals surface area contributed by atoms with E-state index in [1.54, 1.807) is 12.1 Å². The van der Waals surface area contributed by atoms with E-state index in [0.717, 1.165) is 31.2 Å². The Morgan fingerprint density at radius 3 is 2.38 bits per heavy atom. The number of imide groups is 1. The second-order valence-electron chi connectivity index (χ2n) is 6.01. The summed E-state index contributed by atoms with van der Waals surface area (Å²) in [7, 11) is 0. The number of benzene rings is 1. The summed E-state index contributed by atoms with van der Waals surface area (Å²) in [5, 5.41) is 2.89. The van der Waals surface area contributed by atoms with Crippen molar-refractivity contribution in [1.29, 1.82) is 0 Å². The van der Waals surface area contributed by atoms with Crippen molar-refractivity contribution in [3.05, 3.63) is 29.8 Å². The molecule has 1 aromatic rings. The Morgan fingerprint density at radius 2 is 1.76 bits per heavy atom. The van der Waals surface area contributed by atoms with Crippen LogP contribution in [0, 0.1) is 5.41 Å². The lowest BCUT2D eigenvalue weighted by Crippen LogP contribution is -2.61. The van der Waals surface area contributed by atoms with E-state index in [2.05, 4.69) is 5.32 Å². The summed E-state index contributed by atoms with van der Waals surface area (Å²) in [4.78, 5) is 26.4. The fourth-order valence-electron chi connectivity index (χ4n) is 3.36. The Hall–Kier alpha value is -1.88. The lowest BCUT2D eigenvalue weighted by Gasteiger charge is -2.43. The molecule has 0 atom stereocenters. The molecule has 2 fully saturated rings. The van der Waals surface area contributed by atoms with E-state index in [1.807, 2.05) is 12.1 Å². The van der Waals surface area contributed by atoms with Gasteiger partial charge in [0.25, 0.3) is 0 Å². The first-order valence-corrected chi connectivity index (χ1v) is 7.58. The van der Waals surface area contributed by atoms with Gasteiger partial charge in [-0.25, -0.2) is 9.69 Å². The molecule has 0 radical (unpaired) electrons. The number of rotatable bonds is 2. The number of carbonyl (C=O) groups is 2. The van der Waals surface area contributed by atoms with E-state index < -0.39 is 5.41 Å². The summed E-state index contributed by atoms with van der Waals surface area (Å²) in [5.74, 6) is -0.0496. The quantitative estimate of drug-likeness (QED) is 0.875. The van der Waals surface area contributed by atoms with Gasteiger partial charge in [-0.2, -0.15) is 0 Å². The summed E-state index contributed by atoms with van der Waals surface area (Å²) in [6.07, 6.45) is 5.02. The van der Waals surface area contributed by atoms with Gasteiger partial charge < -0.3 is 11.1 Å². The van der Waals surface area contributed by atoms with Gasteiger partial charge >= 0.3 is 6.03 Å². The molecule has 0 aromatic heterocycles. The van der Waals surface area contributed by atoms with Gasteiger partial charge in [-0.05, 0) is 30.5 Å². The summed E-state index contributed by atoms with van der Waals surface area (Å²) >= 11 is 0.